The van der Waals surface area contributed by atoms with Crippen LogP contribution >= 0.6 is 39.0 Å². The summed E-state index contributed by atoms with van der Waals surface area (Å²) in [5, 5.41) is 15.7. The predicted octanol–water partition coefficient (Wildman–Crippen LogP) is 2.96. The van der Waals surface area contributed by atoms with Gasteiger partial charge in [0.25, 0.3) is 0 Å². The quantitative estimate of drug-likeness (QED) is 0.571. The fourth-order valence-electron chi connectivity index (χ4n) is 2.63. The Morgan fingerprint density at radius 3 is 3.27 bits per heavy atom. The second-order valence-corrected chi connectivity index (χ2v) is 8.64. The van der Waals surface area contributed by atoms with Crippen LogP contribution in [-0.4, -0.2) is 49.6 Å². The second kappa shape index (κ2) is 7.99. The number of amides is 1. The minimum absolute atomic E-state index is 0.139. The number of hydrogen-bond donors (Lipinski definition) is 1. The zero-order valence-electron chi connectivity index (χ0n) is 13.6. The van der Waals surface area contributed by atoms with E-state index in [2.05, 4.69) is 41.8 Å². The number of tetrazole rings is 1. The third-order valence-electron chi connectivity index (χ3n) is 3.83. The Hall–Kier alpha value is -1.56. The van der Waals surface area contributed by atoms with Gasteiger partial charge in [-0.05, 0) is 41.5 Å². The van der Waals surface area contributed by atoms with Crippen LogP contribution in [0.25, 0.3) is 10.2 Å². The number of thioether (sulfide) groups is 1. The largest absolute Gasteiger partial charge is 0.376 e. The van der Waals surface area contributed by atoms with E-state index in [0.717, 1.165) is 34.1 Å². The Bertz CT molecular complexity index is 924. The van der Waals surface area contributed by atoms with Gasteiger partial charge in [-0.25, -0.2) is 9.67 Å². The molecule has 0 saturated carbocycles. The number of thiazole rings is 1. The maximum atomic E-state index is 12.2. The lowest BCUT2D eigenvalue weighted by atomic mass is 10.2. The number of fused-ring (bicyclic) bond motifs is 1. The number of nitrogens with one attached hydrogen (secondary N) is 1. The van der Waals surface area contributed by atoms with Crippen LogP contribution in [0.2, 0.25) is 0 Å². The van der Waals surface area contributed by atoms with Crippen LogP contribution in [0.1, 0.15) is 12.8 Å². The molecular weight excluding hydrogens is 440 g/mol. The molecule has 4 rings (SSSR count). The van der Waals surface area contributed by atoms with Gasteiger partial charge in [0.1, 0.15) is 0 Å². The SMILES string of the molecule is O=C(CSc1nnnn1CC1CCCO1)Nc1nc2ccc(Br)cc2s1. The summed E-state index contributed by atoms with van der Waals surface area (Å²) in [6, 6.07) is 5.83. The topological polar surface area (TPSA) is 94.8 Å². The van der Waals surface area contributed by atoms with Gasteiger partial charge in [0, 0.05) is 11.1 Å². The molecule has 1 aliphatic rings. The van der Waals surface area contributed by atoms with Crippen molar-refractivity contribution >= 4 is 60.3 Å². The van der Waals surface area contributed by atoms with Gasteiger partial charge in [-0.1, -0.05) is 39.0 Å². The van der Waals surface area contributed by atoms with Gasteiger partial charge in [0.15, 0.2) is 5.13 Å². The van der Waals surface area contributed by atoms with Crippen LogP contribution in [0.4, 0.5) is 5.13 Å². The number of halogens is 1. The van der Waals surface area contributed by atoms with Crippen molar-refractivity contribution in [3.8, 4) is 0 Å². The van der Waals surface area contributed by atoms with Gasteiger partial charge in [-0.3, -0.25) is 4.79 Å². The minimum Gasteiger partial charge on any atom is -0.376 e. The molecule has 3 aromatic rings. The van der Waals surface area contributed by atoms with Crippen molar-refractivity contribution in [2.24, 2.45) is 0 Å². The van der Waals surface area contributed by atoms with Crippen molar-refractivity contribution < 1.29 is 9.53 Å². The Balaban J connectivity index is 1.34. The van der Waals surface area contributed by atoms with Crippen molar-refractivity contribution in [3.05, 3.63) is 22.7 Å². The van der Waals surface area contributed by atoms with E-state index in [1.807, 2.05) is 18.2 Å². The number of ether oxygens (including phenoxy) is 1. The summed E-state index contributed by atoms with van der Waals surface area (Å²) in [5.41, 5.74) is 0.863. The highest BCUT2D eigenvalue weighted by Crippen LogP contribution is 2.28. The van der Waals surface area contributed by atoms with Crippen molar-refractivity contribution in [2.45, 2.75) is 30.6 Å². The molecule has 0 spiro atoms. The summed E-state index contributed by atoms with van der Waals surface area (Å²) < 4.78 is 9.31. The van der Waals surface area contributed by atoms with Crippen LogP contribution in [0, 0.1) is 0 Å². The lowest BCUT2D eigenvalue weighted by molar-refractivity contribution is -0.113. The number of rotatable bonds is 6. The second-order valence-electron chi connectivity index (χ2n) is 5.75. The number of benzene rings is 1. The summed E-state index contributed by atoms with van der Waals surface area (Å²) >= 11 is 6.18. The number of aromatic nitrogens is 5. The van der Waals surface area contributed by atoms with Gasteiger partial charge >= 0.3 is 0 Å². The Morgan fingerprint density at radius 1 is 1.50 bits per heavy atom. The van der Waals surface area contributed by atoms with Crippen LogP contribution in [0.3, 0.4) is 0 Å². The minimum atomic E-state index is -0.139. The zero-order chi connectivity index (χ0) is 17.9. The molecule has 136 valence electrons. The molecule has 1 fully saturated rings. The zero-order valence-corrected chi connectivity index (χ0v) is 16.8. The molecule has 1 unspecified atom stereocenters. The highest BCUT2D eigenvalue weighted by molar-refractivity contribution is 9.10. The highest BCUT2D eigenvalue weighted by atomic mass is 79.9. The molecule has 2 aromatic heterocycles. The molecule has 1 saturated heterocycles. The van der Waals surface area contributed by atoms with Gasteiger partial charge in [0.05, 0.1) is 28.6 Å². The molecule has 1 atom stereocenters. The molecule has 0 bridgehead atoms. The fourth-order valence-corrected chi connectivity index (χ4v) is 4.75. The van der Waals surface area contributed by atoms with Crippen molar-refractivity contribution in [3.63, 3.8) is 0 Å². The number of anilines is 1. The highest BCUT2D eigenvalue weighted by Gasteiger charge is 2.19. The molecule has 0 aliphatic carbocycles. The summed E-state index contributed by atoms with van der Waals surface area (Å²) in [6.07, 6.45) is 2.22. The van der Waals surface area contributed by atoms with Crippen LogP contribution < -0.4 is 5.32 Å². The van der Waals surface area contributed by atoms with Crippen LogP contribution in [0.15, 0.2) is 27.8 Å². The average molecular weight is 455 g/mol. The first-order valence-electron chi connectivity index (χ1n) is 8.04. The first kappa shape index (κ1) is 17.8. The fraction of sp³-hybridized carbons (Fsp3) is 0.400. The molecule has 3 heterocycles. The summed E-state index contributed by atoms with van der Waals surface area (Å²) in [5.74, 6) is 0.0747. The lowest BCUT2D eigenvalue weighted by Gasteiger charge is -2.09. The smallest absolute Gasteiger partial charge is 0.236 e. The standard InChI is InChI=1S/C15H15BrN6O2S2/c16-9-3-4-11-12(6-9)26-14(17-11)18-13(23)8-25-15-19-20-21-22(15)7-10-2-1-5-24-10/h3-4,6,10H,1-2,5,7-8H2,(H,17,18,23). The van der Waals surface area contributed by atoms with Gasteiger partial charge in [0.2, 0.25) is 11.1 Å². The molecule has 1 N–H and O–H groups in total. The van der Waals surface area contributed by atoms with Crippen molar-refractivity contribution in [1.82, 2.24) is 25.2 Å². The van der Waals surface area contributed by atoms with E-state index in [4.69, 9.17) is 4.74 Å². The molecule has 1 aromatic carbocycles. The normalized spacial score (nSPS) is 17.0. The molecule has 1 aliphatic heterocycles. The van der Waals surface area contributed by atoms with E-state index in [9.17, 15) is 4.79 Å². The van der Waals surface area contributed by atoms with Crippen molar-refractivity contribution in [1.29, 1.82) is 0 Å². The van der Waals surface area contributed by atoms with E-state index >= 15 is 0 Å². The van der Waals surface area contributed by atoms with Gasteiger partial charge < -0.3 is 10.1 Å². The maximum Gasteiger partial charge on any atom is 0.236 e. The van der Waals surface area contributed by atoms with Gasteiger partial charge in [-0.2, -0.15) is 0 Å². The Kier molecular flexibility index (Phi) is 5.48. The van der Waals surface area contributed by atoms with E-state index in [1.165, 1.54) is 23.1 Å². The van der Waals surface area contributed by atoms with Crippen LogP contribution in [-0.2, 0) is 16.1 Å². The number of nitrogens with zero attached hydrogens (tertiary/aromatic N) is 5. The predicted molar refractivity (Wildman–Crippen MR) is 103 cm³/mol. The van der Waals surface area contributed by atoms with Crippen LogP contribution in [0.5, 0.6) is 0 Å². The molecular formula is C15H15BrN6O2S2. The third kappa shape index (κ3) is 4.22. The van der Waals surface area contributed by atoms with E-state index in [0.29, 0.717) is 16.8 Å². The molecule has 0 radical (unpaired) electrons. The first-order valence-corrected chi connectivity index (χ1v) is 10.6. The van der Waals surface area contributed by atoms with Crippen molar-refractivity contribution in [2.75, 3.05) is 17.7 Å². The van der Waals surface area contributed by atoms with E-state index in [1.54, 1.807) is 4.68 Å². The number of hydrogen-bond acceptors (Lipinski definition) is 8. The van der Waals surface area contributed by atoms with E-state index in [-0.39, 0.29) is 17.8 Å². The third-order valence-corrected chi connectivity index (χ3v) is 6.21. The first-order chi connectivity index (χ1) is 12.7. The molecule has 8 nitrogen and oxygen atoms in total. The monoisotopic (exact) mass is 454 g/mol. The molecule has 1 amide bonds. The van der Waals surface area contributed by atoms with E-state index < -0.39 is 0 Å². The average Bonchev–Trinajstić information content (AvgIpc) is 3.34. The Labute approximate surface area is 165 Å². The summed E-state index contributed by atoms with van der Waals surface area (Å²) in [4.78, 5) is 16.6. The lowest BCUT2D eigenvalue weighted by Crippen LogP contribution is -2.18. The molecule has 26 heavy (non-hydrogen) atoms. The molecule has 11 heteroatoms. The number of carbonyl (C=O) groups excluding carboxylic acids is 1. The summed E-state index contributed by atoms with van der Waals surface area (Å²) in [7, 11) is 0. The maximum absolute atomic E-state index is 12.2. The summed E-state index contributed by atoms with van der Waals surface area (Å²) in [6.45, 7) is 1.40. The van der Waals surface area contributed by atoms with Gasteiger partial charge in [-0.15, -0.1) is 5.10 Å². The number of carbonyl (C=O) groups is 1. The Morgan fingerprint density at radius 2 is 2.42 bits per heavy atom.